The van der Waals surface area contributed by atoms with E-state index in [0.29, 0.717) is 0 Å². The Labute approximate surface area is 186 Å². The number of pyridine rings is 1. The minimum atomic E-state index is 0.898. The molecule has 0 bridgehead atoms. The fourth-order valence-electron chi connectivity index (χ4n) is 4.06. The maximum atomic E-state index is 4.73. The number of benzene rings is 3. The van der Waals surface area contributed by atoms with Crippen LogP contribution in [0.15, 0.2) is 100 Å². The summed E-state index contributed by atoms with van der Waals surface area (Å²) >= 11 is 7.11. The molecule has 0 saturated heterocycles. The van der Waals surface area contributed by atoms with Crippen LogP contribution >= 0.6 is 31.9 Å². The Morgan fingerprint density at radius 1 is 0.690 bits per heavy atom. The lowest BCUT2D eigenvalue weighted by Crippen LogP contribution is -1.94. The second-order valence-electron chi connectivity index (χ2n) is 7.05. The third kappa shape index (κ3) is 3.39. The van der Waals surface area contributed by atoms with Gasteiger partial charge in [0.15, 0.2) is 0 Å². The van der Waals surface area contributed by atoms with Gasteiger partial charge in [-0.15, -0.1) is 0 Å². The van der Waals surface area contributed by atoms with Crippen LogP contribution in [0.2, 0.25) is 0 Å². The highest BCUT2D eigenvalue weighted by atomic mass is 79.9. The van der Waals surface area contributed by atoms with Crippen molar-refractivity contribution in [2.24, 2.45) is 0 Å². The largest absolute Gasteiger partial charge is 0.255 e. The van der Waals surface area contributed by atoms with Crippen LogP contribution in [0.1, 0.15) is 12.0 Å². The van der Waals surface area contributed by atoms with E-state index in [1.165, 1.54) is 38.2 Å². The van der Waals surface area contributed by atoms with Gasteiger partial charge in [0, 0.05) is 20.7 Å². The molecule has 0 aliphatic heterocycles. The molecule has 140 valence electrons. The topological polar surface area (TPSA) is 12.9 Å². The lowest BCUT2D eigenvalue weighted by molar-refractivity contribution is 1.32. The van der Waals surface area contributed by atoms with Crippen molar-refractivity contribution in [1.29, 1.82) is 0 Å². The van der Waals surface area contributed by atoms with Crippen LogP contribution in [-0.4, -0.2) is 4.98 Å². The van der Waals surface area contributed by atoms with Gasteiger partial charge >= 0.3 is 0 Å². The van der Waals surface area contributed by atoms with Crippen molar-refractivity contribution in [3.8, 4) is 11.3 Å². The molecule has 4 aromatic rings. The Morgan fingerprint density at radius 2 is 1.31 bits per heavy atom. The Kier molecular flexibility index (Phi) is 4.94. The fraction of sp³-hybridized carbons (Fsp3) is 0.0385. The molecule has 1 nitrogen and oxygen atoms in total. The minimum Gasteiger partial charge on any atom is -0.255 e. The van der Waals surface area contributed by atoms with Crippen LogP contribution in [0.25, 0.3) is 38.4 Å². The zero-order valence-electron chi connectivity index (χ0n) is 15.6. The number of fused-ring (bicyclic) bond motifs is 2. The quantitative estimate of drug-likeness (QED) is 0.250. The second-order valence-corrected chi connectivity index (χ2v) is 8.88. The predicted octanol–water partition coefficient (Wildman–Crippen LogP) is 8.44. The normalized spacial score (nSPS) is 14.0. The minimum absolute atomic E-state index is 0.898. The Bertz CT molecular complexity index is 1270. The number of rotatable bonds is 2. The number of halogens is 2. The summed E-state index contributed by atoms with van der Waals surface area (Å²) in [5.74, 6) is 0. The van der Waals surface area contributed by atoms with Crippen molar-refractivity contribution < 1.29 is 0 Å². The van der Waals surface area contributed by atoms with E-state index in [1.54, 1.807) is 0 Å². The van der Waals surface area contributed by atoms with E-state index in [9.17, 15) is 0 Å². The van der Waals surface area contributed by atoms with Gasteiger partial charge in [-0.3, -0.25) is 4.98 Å². The summed E-state index contributed by atoms with van der Waals surface area (Å²) < 4.78 is 2.08. The Morgan fingerprint density at radius 3 is 1.90 bits per heavy atom. The van der Waals surface area contributed by atoms with Crippen LogP contribution in [-0.2, 0) is 0 Å². The Balaban J connectivity index is 1.92. The highest BCUT2D eigenvalue weighted by molar-refractivity contribution is 9.12. The smallest absolute Gasteiger partial charge is 0.0715 e. The molecule has 0 amide bonds. The van der Waals surface area contributed by atoms with Gasteiger partial charge in [0.2, 0.25) is 0 Å². The highest BCUT2D eigenvalue weighted by Crippen LogP contribution is 2.42. The summed E-state index contributed by atoms with van der Waals surface area (Å²) in [6, 6.07) is 21.5. The van der Waals surface area contributed by atoms with Crippen LogP contribution < -0.4 is 0 Å². The molecule has 3 heteroatoms. The molecule has 1 heterocycles. The monoisotopic (exact) mass is 501 g/mol. The molecule has 0 radical (unpaired) electrons. The predicted molar refractivity (Wildman–Crippen MR) is 131 cm³/mol. The third-order valence-electron chi connectivity index (χ3n) is 5.29. The van der Waals surface area contributed by atoms with Crippen LogP contribution in [0, 0.1) is 0 Å². The lowest BCUT2D eigenvalue weighted by Gasteiger charge is -2.18. The first-order valence-electron chi connectivity index (χ1n) is 9.51. The van der Waals surface area contributed by atoms with E-state index < -0.39 is 0 Å². The SMILES string of the molecule is BrC1=CC=C(c2c3ccccc3c(-c3ccc(Br)cn3)c3ccccc23)CC=C1. The first-order valence-corrected chi connectivity index (χ1v) is 11.1. The van der Waals surface area contributed by atoms with Gasteiger partial charge < -0.3 is 0 Å². The summed E-state index contributed by atoms with van der Waals surface area (Å²) in [7, 11) is 0. The molecule has 0 spiro atoms. The fourth-order valence-corrected chi connectivity index (χ4v) is 4.62. The first kappa shape index (κ1) is 18.5. The van der Waals surface area contributed by atoms with E-state index in [4.69, 9.17) is 4.98 Å². The van der Waals surface area contributed by atoms with Gasteiger partial charge in [0.1, 0.15) is 0 Å². The molecule has 0 saturated carbocycles. The average molecular weight is 503 g/mol. The summed E-state index contributed by atoms with van der Waals surface area (Å²) in [4.78, 5) is 4.73. The highest BCUT2D eigenvalue weighted by Gasteiger charge is 2.17. The third-order valence-corrected chi connectivity index (χ3v) is 6.29. The van der Waals surface area contributed by atoms with E-state index >= 15 is 0 Å². The Hall–Kier alpha value is -2.49. The summed E-state index contributed by atoms with van der Waals surface area (Å²) in [5.41, 5.74) is 4.80. The van der Waals surface area contributed by atoms with Gasteiger partial charge in [0.25, 0.3) is 0 Å². The van der Waals surface area contributed by atoms with Crippen molar-refractivity contribution >= 4 is 59.0 Å². The zero-order chi connectivity index (χ0) is 19.8. The lowest BCUT2D eigenvalue weighted by atomic mass is 9.86. The van der Waals surface area contributed by atoms with E-state index in [2.05, 4.69) is 117 Å². The van der Waals surface area contributed by atoms with Gasteiger partial charge in [-0.2, -0.15) is 0 Å². The molecular weight excluding hydrogens is 486 g/mol. The average Bonchev–Trinajstić information content (AvgIpc) is 2.97. The van der Waals surface area contributed by atoms with Crippen LogP contribution in [0.5, 0.6) is 0 Å². The van der Waals surface area contributed by atoms with E-state index in [-0.39, 0.29) is 0 Å². The van der Waals surface area contributed by atoms with E-state index in [1.807, 2.05) is 6.20 Å². The van der Waals surface area contributed by atoms with Crippen molar-refractivity contribution in [2.75, 3.05) is 0 Å². The second kappa shape index (κ2) is 7.74. The van der Waals surface area contributed by atoms with E-state index in [0.717, 1.165) is 21.1 Å². The van der Waals surface area contributed by atoms with Crippen molar-refractivity contribution in [1.82, 2.24) is 4.98 Å². The van der Waals surface area contributed by atoms with Gasteiger partial charge in [-0.05, 0) is 73.2 Å². The first-order chi connectivity index (χ1) is 14.2. The van der Waals surface area contributed by atoms with Crippen molar-refractivity contribution in [3.63, 3.8) is 0 Å². The molecule has 0 atom stereocenters. The number of hydrogen-bond acceptors (Lipinski definition) is 1. The zero-order valence-corrected chi connectivity index (χ0v) is 18.7. The van der Waals surface area contributed by atoms with Crippen LogP contribution in [0.3, 0.4) is 0 Å². The number of allylic oxidation sites excluding steroid dienone is 6. The maximum absolute atomic E-state index is 4.73. The summed E-state index contributed by atoms with van der Waals surface area (Å²) in [5, 5.41) is 4.98. The molecule has 1 aliphatic carbocycles. The van der Waals surface area contributed by atoms with Gasteiger partial charge in [0.05, 0.1) is 5.69 Å². The van der Waals surface area contributed by atoms with Crippen molar-refractivity contribution in [2.45, 2.75) is 6.42 Å². The van der Waals surface area contributed by atoms with Crippen molar-refractivity contribution in [3.05, 3.63) is 106 Å². The maximum Gasteiger partial charge on any atom is 0.0715 e. The molecule has 0 unspecified atom stereocenters. The molecule has 1 aromatic heterocycles. The molecule has 29 heavy (non-hydrogen) atoms. The molecule has 0 N–H and O–H groups in total. The summed E-state index contributed by atoms with van der Waals surface area (Å²) in [6.07, 6.45) is 11.5. The standard InChI is InChI=1S/C26H17Br2N/c27-18-7-5-6-17(12-13-18)25-20-8-1-3-10-22(20)26(23-11-4-2-9-21(23)25)24-15-14-19(28)16-29-24/h1-5,7-16H,6H2. The number of nitrogens with zero attached hydrogens (tertiary/aromatic N) is 1. The number of hydrogen-bond donors (Lipinski definition) is 0. The molecule has 1 aliphatic rings. The summed E-state index contributed by atoms with van der Waals surface area (Å²) in [6.45, 7) is 0. The molecule has 3 aromatic carbocycles. The molecule has 0 fully saturated rings. The van der Waals surface area contributed by atoms with Gasteiger partial charge in [-0.1, -0.05) is 82.7 Å². The molecular formula is C26H17Br2N. The molecule has 5 rings (SSSR count). The van der Waals surface area contributed by atoms with Crippen LogP contribution in [0.4, 0.5) is 0 Å². The number of aromatic nitrogens is 1. The van der Waals surface area contributed by atoms with Gasteiger partial charge in [-0.25, -0.2) is 0 Å².